The summed E-state index contributed by atoms with van der Waals surface area (Å²) in [5.41, 5.74) is 1.52. The maximum atomic E-state index is 8.66. The minimum absolute atomic E-state index is 0.0156. The summed E-state index contributed by atoms with van der Waals surface area (Å²) in [7, 11) is 0. The molecule has 0 amide bonds. The minimum atomic E-state index is -0.0200. The molecule has 53 valence electrons. The SMILES string of the molecule is OCc1[c]ccc(CO)c1. The van der Waals surface area contributed by atoms with Crippen LogP contribution in [0.3, 0.4) is 0 Å². The average Bonchev–Trinajstić information content (AvgIpc) is 2.05. The molecule has 0 aromatic heterocycles. The molecular weight excluding hydrogens is 128 g/mol. The van der Waals surface area contributed by atoms with E-state index in [0.717, 1.165) is 5.56 Å². The molecule has 0 unspecified atom stereocenters. The lowest BCUT2D eigenvalue weighted by atomic mass is 10.1. The van der Waals surface area contributed by atoms with Crippen LogP contribution < -0.4 is 0 Å². The molecule has 0 aliphatic rings. The van der Waals surface area contributed by atoms with Crippen molar-refractivity contribution in [2.75, 3.05) is 0 Å². The van der Waals surface area contributed by atoms with Crippen molar-refractivity contribution in [1.29, 1.82) is 0 Å². The first-order valence-electron chi connectivity index (χ1n) is 3.08. The Hall–Kier alpha value is -0.860. The van der Waals surface area contributed by atoms with Crippen molar-refractivity contribution in [3.05, 3.63) is 35.4 Å². The molecule has 0 aliphatic heterocycles. The van der Waals surface area contributed by atoms with Crippen molar-refractivity contribution in [2.45, 2.75) is 13.2 Å². The van der Waals surface area contributed by atoms with E-state index in [2.05, 4.69) is 6.07 Å². The highest BCUT2D eigenvalue weighted by atomic mass is 16.3. The summed E-state index contributed by atoms with van der Waals surface area (Å²) in [6, 6.07) is 8.01. The molecule has 0 spiro atoms. The van der Waals surface area contributed by atoms with Crippen LogP contribution in [0.15, 0.2) is 18.2 Å². The Kier molecular flexibility index (Phi) is 2.42. The Morgan fingerprint density at radius 2 is 2.10 bits per heavy atom. The molecule has 0 fully saturated rings. The van der Waals surface area contributed by atoms with Crippen molar-refractivity contribution < 1.29 is 10.2 Å². The quantitative estimate of drug-likeness (QED) is 0.622. The lowest BCUT2D eigenvalue weighted by Gasteiger charge is -1.97. The molecule has 0 aliphatic carbocycles. The van der Waals surface area contributed by atoms with Crippen molar-refractivity contribution in [2.24, 2.45) is 0 Å². The topological polar surface area (TPSA) is 40.5 Å². The van der Waals surface area contributed by atoms with E-state index in [1.807, 2.05) is 0 Å². The Morgan fingerprint density at radius 1 is 1.30 bits per heavy atom. The molecule has 2 heteroatoms. The molecule has 2 nitrogen and oxygen atoms in total. The molecule has 0 heterocycles. The highest BCUT2D eigenvalue weighted by Gasteiger charge is 1.91. The molecular formula is C8H9O2. The Labute approximate surface area is 59.7 Å². The zero-order valence-corrected chi connectivity index (χ0v) is 5.54. The largest absolute Gasteiger partial charge is 0.392 e. The van der Waals surface area contributed by atoms with E-state index in [1.54, 1.807) is 18.2 Å². The van der Waals surface area contributed by atoms with Gasteiger partial charge in [0.25, 0.3) is 0 Å². The van der Waals surface area contributed by atoms with Gasteiger partial charge in [-0.3, -0.25) is 0 Å². The smallest absolute Gasteiger partial charge is 0.0687 e. The van der Waals surface area contributed by atoms with Crippen molar-refractivity contribution in [3.8, 4) is 0 Å². The van der Waals surface area contributed by atoms with E-state index in [-0.39, 0.29) is 13.2 Å². The summed E-state index contributed by atoms with van der Waals surface area (Å²) >= 11 is 0. The van der Waals surface area contributed by atoms with Gasteiger partial charge in [-0.25, -0.2) is 0 Å². The van der Waals surface area contributed by atoms with E-state index in [1.165, 1.54) is 0 Å². The first-order valence-corrected chi connectivity index (χ1v) is 3.08. The molecule has 0 bridgehead atoms. The Balaban J connectivity index is 2.87. The lowest BCUT2D eigenvalue weighted by molar-refractivity contribution is 0.275. The maximum Gasteiger partial charge on any atom is 0.0687 e. The maximum absolute atomic E-state index is 8.66. The van der Waals surface area contributed by atoms with Gasteiger partial charge in [0, 0.05) is 0 Å². The molecule has 0 saturated carbocycles. The fourth-order valence-electron chi connectivity index (χ4n) is 0.759. The van der Waals surface area contributed by atoms with Crippen LogP contribution in [-0.4, -0.2) is 10.2 Å². The number of hydrogen-bond acceptors (Lipinski definition) is 2. The van der Waals surface area contributed by atoms with Crippen LogP contribution in [0.5, 0.6) is 0 Å². The molecule has 1 aromatic carbocycles. The molecule has 1 radical (unpaired) electrons. The number of benzene rings is 1. The highest BCUT2D eigenvalue weighted by Crippen LogP contribution is 2.03. The Bertz CT molecular complexity index is 189. The second-order valence-corrected chi connectivity index (χ2v) is 2.04. The van der Waals surface area contributed by atoms with Gasteiger partial charge in [-0.05, 0) is 17.2 Å². The van der Waals surface area contributed by atoms with E-state index < -0.39 is 0 Å². The van der Waals surface area contributed by atoms with Gasteiger partial charge >= 0.3 is 0 Å². The number of aliphatic hydroxyl groups is 2. The van der Waals surface area contributed by atoms with E-state index in [4.69, 9.17) is 10.2 Å². The standard InChI is InChI=1S/C8H9O2/c9-5-7-2-1-3-8(4-7)6-10/h1-2,4,9-10H,5-6H2. The molecule has 1 aromatic rings. The van der Waals surface area contributed by atoms with Crippen LogP contribution in [0.25, 0.3) is 0 Å². The highest BCUT2D eigenvalue weighted by molar-refractivity contribution is 5.20. The van der Waals surface area contributed by atoms with Gasteiger partial charge in [-0.15, -0.1) is 0 Å². The fourth-order valence-corrected chi connectivity index (χ4v) is 0.759. The monoisotopic (exact) mass is 137 g/mol. The van der Waals surface area contributed by atoms with Crippen LogP contribution in [0, 0.1) is 6.07 Å². The summed E-state index contributed by atoms with van der Waals surface area (Å²) in [6.45, 7) is -0.00444. The number of hydrogen-bond donors (Lipinski definition) is 2. The normalized spacial score (nSPS) is 9.80. The van der Waals surface area contributed by atoms with Gasteiger partial charge < -0.3 is 10.2 Å². The molecule has 0 atom stereocenters. The fraction of sp³-hybridized carbons (Fsp3) is 0.250. The molecule has 1 rings (SSSR count). The van der Waals surface area contributed by atoms with Gasteiger partial charge in [0.05, 0.1) is 13.2 Å². The summed E-state index contributed by atoms with van der Waals surface area (Å²) in [4.78, 5) is 0. The summed E-state index contributed by atoms with van der Waals surface area (Å²) in [6.07, 6.45) is 0. The van der Waals surface area contributed by atoms with Gasteiger partial charge in [-0.1, -0.05) is 18.2 Å². The average molecular weight is 137 g/mol. The Morgan fingerprint density at radius 3 is 2.70 bits per heavy atom. The molecule has 2 N–H and O–H groups in total. The second kappa shape index (κ2) is 3.34. The zero-order valence-electron chi connectivity index (χ0n) is 5.54. The van der Waals surface area contributed by atoms with Crippen LogP contribution in [0.1, 0.15) is 11.1 Å². The van der Waals surface area contributed by atoms with Crippen LogP contribution in [0.2, 0.25) is 0 Å². The van der Waals surface area contributed by atoms with Crippen LogP contribution in [0.4, 0.5) is 0 Å². The first-order chi connectivity index (χ1) is 4.86. The third kappa shape index (κ3) is 1.56. The van der Waals surface area contributed by atoms with Gasteiger partial charge in [-0.2, -0.15) is 0 Å². The van der Waals surface area contributed by atoms with Crippen LogP contribution in [-0.2, 0) is 13.2 Å². The van der Waals surface area contributed by atoms with E-state index >= 15 is 0 Å². The minimum Gasteiger partial charge on any atom is -0.392 e. The van der Waals surface area contributed by atoms with E-state index in [0.29, 0.717) is 5.56 Å². The third-order valence-corrected chi connectivity index (χ3v) is 1.28. The number of rotatable bonds is 2. The summed E-state index contributed by atoms with van der Waals surface area (Å²) < 4.78 is 0. The van der Waals surface area contributed by atoms with E-state index in [9.17, 15) is 0 Å². The summed E-state index contributed by atoms with van der Waals surface area (Å²) in [5, 5.41) is 17.3. The molecule has 0 saturated heterocycles. The van der Waals surface area contributed by atoms with Crippen molar-refractivity contribution >= 4 is 0 Å². The molecule has 10 heavy (non-hydrogen) atoms. The number of aliphatic hydroxyl groups excluding tert-OH is 2. The van der Waals surface area contributed by atoms with Gasteiger partial charge in [0.1, 0.15) is 0 Å². The van der Waals surface area contributed by atoms with Gasteiger partial charge in [0.15, 0.2) is 0 Å². The van der Waals surface area contributed by atoms with Crippen molar-refractivity contribution in [3.63, 3.8) is 0 Å². The predicted octanol–water partition coefficient (Wildman–Crippen LogP) is 0.471. The zero-order chi connectivity index (χ0) is 7.40. The third-order valence-electron chi connectivity index (χ3n) is 1.28. The van der Waals surface area contributed by atoms with Gasteiger partial charge in [0.2, 0.25) is 0 Å². The van der Waals surface area contributed by atoms with Crippen molar-refractivity contribution in [1.82, 2.24) is 0 Å². The summed E-state index contributed by atoms with van der Waals surface area (Å²) in [5.74, 6) is 0. The second-order valence-electron chi connectivity index (χ2n) is 2.04. The lowest BCUT2D eigenvalue weighted by Crippen LogP contribution is -1.87. The van der Waals surface area contributed by atoms with Crippen LogP contribution >= 0.6 is 0 Å². The predicted molar refractivity (Wildman–Crippen MR) is 37.1 cm³/mol. The first kappa shape index (κ1) is 7.25.